The first-order chi connectivity index (χ1) is 15.8. The lowest BCUT2D eigenvalue weighted by molar-refractivity contribution is -0.139. The molecule has 0 atom stereocenters. The minimum Gasteiger partial charge on any atom is -0.460 e. The molecule has 0 N–H and O–H groups in total. The van der Waals surface area contributed by atoms with Crippen molar-refractivity contribution >= 4 is 28.6 Å². The summed E-state index contributed by atoms with van der Waals surface area (Å²) in [6.07, 6.45) is 1.12. The Balaban J connectivity index is 3.02. The highest BCUT2D eigenvalue weighted by molar-refractivity contribution is 14.1. The second-order valence-electron chi connectivity index (χ2n) is 5.96. The van der Waals surface area contributed by atoms with Crippen molar-refractivity contribution in [3.8, 4) is 0 Å². The third-order valence-electron chi connectivity index (χ3n) is 3.46. The van der Waals surface area contributed by atoms with Gasteiger partial charge in [-0.3, -0.25) is 0 Å². The van der Waals surface area contributed by atoms with Gasteiger partial charge in [-0.05, 0) is 0 Å². The fraction of sp³-hybridized carbons (Fsp3) is 0.857. The molecule has 0 aromatic rings. The summed E-state index contributed by atoms with van der Waals surface area (Å²) < 4.78 is 48.7. The van der Waals surface area contributed by atoms with Crippen LogP contribution in [0.1, 0.15) is 0 Å². The Morgan fingerprint density at radius 1 is 0.500 bits per heavy atom. The van der Waals surface area contributed by atoms with Crippen LogP contribution in [-0.2, 0) is 47.4 Å². The molecule has 0 bridgehead atoms. The summed E-state index contributed by atoms with van der Waals surface area (Å²) in [6.45, 7) is 11.9. The average Bonchev–Trinajstić information content (AvgIpc) is 2.81. The first-order valence-corrected chi connectivity index (χ1v) is 12.3. The van der Waals surface area contributed by atoms with Gasteiger partial charge < -0.3 is 42.6 Å². The highest BCUT2D eigenvalue weighted by atomic mass is 127. The topological polar surface area (TPSA) is 100 Å². The first kappa shape index (κ1) is 31.6. The summed E-state index contributed by atoms with van der Waals surface area (Å²) in [6, 6.07) is 0. The van der Waals surface area contributed by atoms with Crippen LogP contribution >= 0.6 is 22.6 Å². The van der Waals surface area contributed by atoms with Crippen molar-refractivity contribution in [2.45, 2.75) is 0 Å². The van der Waals surface area contributed by atoms with E-state index in [1.54, 1.807) is 0 Å². The van der Waals surface area contributed by atoms with Crippen LogP contribution in [-0.4, -0.2) is 123 Å². The number of esters is 1. The molecule has 32 heavy (non-hydrogen) atoms. The van der Waals surface area contributed by atoms with E-state index in [9.17, 15) is 4.79 Å². The number of alkyl halides is 1. The Morgan fingerprint density at radius 3 is 1.00 bits per heavy atom. The van der Waals surface area contributed by atoms with E-state index in [1.165, 1.54) is 0 Å². The monoisotopic (exact) mass is 578 g/mol. The minimum atomic E-state index is -0.454. The predicted octanol–water partition coefficient (Wildman–Crippen LogP) is 1.28. The van der Waals surface area contributed by atoms with E-state index in [1.807, 2.05) is 0 Å². The molecule has 0 aliphatic heterocycles. The number of ether oxygens (including phenoxy) is 9. The van der Waals surface area contributed by atoms with Gasteiger partial charge in [-0.1, -0.05) is 29.2 Å². The van der Waals surface area contributed by atoms with Crippen LogP contribution < -0.4 is 0 Å². The van der Waals surface area contributed by atoms with Crippen molar-refractivity contribution in [3.05, 3.63) is 12.7 Å². The molecule has 0 amide bonds. The Hall–Kier alpha value is -0.380. The predicted molar refractivity (Wildman–Crippen MR) is 127 cm³/mol. The highest BCUT2D eigenvalue weighted by Crippen LogP contribution is 1.87. The molecule has 0 aliphatic carbocycles. The summed E-state index contributed by atoms with van der Waals surface area (Å²) in [7, 11) is 0. The van der Waals surface area contributed by atoms with Crippen LogP contribution in [0.2, 0.25) is 0 Å². The quantitative estimate of drug-likeness (QED) is 0.0466. The molecule has 0 saturated carbocycles. The highest BCUT2D eigenvalue weighted by Gasteiger charge is 1.96. The van der Waals surface area contributed by atoms with Gasteiger partial charge in [0.05, 0.1) is 106 Å². The van der Waals surface area contributed by atoms with Crippen molar-refractivity contribution in [2.24, 2.45) is 0 Å². The van der Waals surface area contributed by atoms with Gasteiger partial charge in [0.2, 0.25) is 0 Å². The van der Waals surface area contributed by atoms with Crippen molar-refractivity contribution in [3.63, 3.8) is 0 Å². The number of carbonyl (C=O) groups is 1. The molecule has 0 spiro atoms. The van der Waals surface area contributed by atoms with Crippen molar-refractivity contribution in [1.82, 2.24) is 0 Å². The molecule has 0 fully saturated rings. The molecule has 0 aromatic carbocycles. The van der Waals surface area contributed by atoms with Gasteiger partial charge in [0, 0.05) is 10.5 Å². The van der Waals surface area contributed by atoms with E-state index in [0.717, 1.165) is 17.1 Å². The molecule has 11 heteroatoms. The van der Waals surface area contributed by atoms with Gasteiger partial charge in [-0.15, -0.1) is 0 Å². The molecular formula is C21H39IO10. The number of halogens is 1. The Morgan fingerprint density at radius 2 is 0.750 bits per heavy atom. The zero-order valence-electron chi connectivity index (χ0n) is 19.0. The van der Waals surface area contributed by atoms with Crippen LogP contribution in [0.25, 0.3) is 0 Å². The van der Waals surface area contributed by atoms with Crippen LogP contribution in [0.5, 0.6) is 0 Å². The summed E-state index contributed by atoms with van der Waals surface area (Å²) in [5, 5.41) is 0. The molecule has 0 heterocycles. The van der Waals surface area contributed by atoms with Gasteiger partial charge in [0.15, 0.2) is 0 Å². The third-order valence-corrected chi connectivity index (χ3v) is 3.90. The standard InChI is InChI=1S/C21H39IO10/c1-2-21(23)32-20-19-31-18-17-30-16-15-29-14-13-28-12-11-27-10-9-26-8-7-25-6-5-24-4-3-22/h2H,1,3-20H2. The second-order valence-corrected chi connectivity index (χ2v) is 7.04. The van der Waals surface area contributed by atoms with Gasteiger partial charge in [0.25, 0.3) is 0 Å². The second kappa shape index (κ2) is 28.7. The van der Waals surface area contributed by atoms with Gasteiger partial charge in [-0.25, -0.2) is 4.79 Å². The lowest BCUT2D eigenvalue weighted by Crippen LogP contribution is -2.15. The van der Waals surface area contributed by atoms with Crippen molar-refractivity contribution < 1.29 is 47.4 Å². The van der Waals surface area contributed by atoms with E-state index < -0.39 is 5.97 Å². The summed E-state index contributed by atoms with van der Waals surface area (Å²) in [5.41, 5.74) is 0. The fourth-order valence-electron chi connectivity index (χ4n) is 1.96. The SMILES string of the molecule is C=CC(=O)OCCOCCOCCOCCOCCOCCOCCOCCOCCI. The molecule has 0 saturated heterocycles. The minimum absolute atomic E-state index is 0.206. The molecule has 0 unspecified atom stereocenters. The Kier molecular flexibility index (Phi) is 28.3. The molecular weight excluding hydrogens is 539 g/mol. The Labute approximate surface area is 205 Å². The van der Waals surface area contributed by atoms with E-state index in [2.05, 4.69) is 29.2 Å². The fourth-order valence-corrected chi connectivity index (χ4v) is 2.27. The normalized spacial score (nSPS) is 11.0. The number of rotatable bonds is 27. The Bertz CT molecular complexity index is 401. The average molecular weight is 578 g/mol. The molecule has 10 nitrogen and oxygen atoms in total. The maximum Gasteiger partial charge on any atom is 0.330 e. The van der Waals surface area contributed by atoms with Crippen LogP contribution in [0.15, 0.2) is 12.7 Å². The lowest BCUT2D eigenvalue weighted by Gasteiger charge is -2.08. The summed E-state index contributed by atoms with van der Waals surface area (Å²) in [4.78, 5) is 10.8. The van der Waals surface area contributed by atoms with E-state index in [-0.39, 0.29) is 6.61 Å². The molecule has 0 aromatic heterocycles. The molecule has 0 aliphatic rings. The molecule has 190 valence electrons. The number of hydrogen-bond acceptors (Lipinski definition) is 10. The van der Waals surface area contributed by atoms with Gasteiger partial charge in [0.1, 0.15) is 6.61 Å². The van der Waals surface area contributed by atoms with Gasteiger partial charge >= 0.3 is 5.97 Å². The summed E-state index contributed by atoms with van der Waals surface area (Å²) >= 11 is 2.27. The maximum atomic E-state index is 10.8. The molecule has 0 rings (SSSR count). The number of carbonyl (C=O) groups excluding carboxylic acids is 1. The summed E-state index contributed by atoms with van der Waals surface area (Å²) in [5.74, 6) is -0.454. The lowest BCUT2D eigenvalue weighted by atomic mass is 10.6. The largest absolute Gasteiger partial charge is 0.460 e. The number of hydrogen-bond donors (Lipinski definition) is 0. The van der Waals surface area contributed by atoms with Crippen molar-refractivity contribution in [1.29, 1.82) is 0 Å². The maximum absolute atomic E-state index is 10.8. The van der Waals surface area contributed by atoms with E-state index in [4.69, 9.17) is 42.6 Å². The zero-order valence-corrected chi connectivity index (χ0v) is 21.1. The van der Waals surface area contributed by atoms with Gasteiger partial charge in [-0.2, -0.15) is 0 Å². The van der Waals surface area contributed by atoms with Crippen LogP contribution in [0.4, 0.5) is 0 Å². The van der Waals surface area contributed by atoms with Crippen molar-refractivity contribution in [2.75, 3.05) is 117 Å². The smallest absolute Gasteiger partial charge is 0.330 e. The first-order valence-electron chi connectivity index (χ1n) is 10.8. The third kappa shape index (κ3) is 27.7. The van der Waals surface area contributed by atoms with E-state index in [0.29, 0.717) is 99.1 Å². The zero-order chi connectivity index (χ0) is 23.4. The van der Waals surface area contributed by atoms with Crippen LogP contribution in [0, 0.1) is 0 Å². The van der Waals surface area contributed by atoms with E-state index >= 15 is 0 Å². The van der Waals surface area contributed by atoms with Crippen LogP contribution in [0.3, 0.4) is 0 Å². The molecule has 0 radical (unpaired) electrons.